The largest absolute Gasteiger partial charge is 0.345 e. The monoisotopic (exact) mass is 507 g/mol. The van der Waals surface area contributed by atoms with Crippen LogP contribution in [0.25, 0.3) is 11.1 Å². The summed E-state index contributed by atoms with van der Waals surface area (Å²) in [7, 11) is -1.08. The lowest BCUT2D eigenvalue weighted by molar-refractivity contribution is -0.113. The SMILES string of the molecule is CCc1sc(C2=NS(=O)(=O)N(C)C(C(=O)Nc3ccc(F)c(Cl)c3)=C2)cc1-c1cnn(C)c1. The molecule has 1 aliphatic rings. The van der Waals surface area contributed by atoms with Crippen molar-refractivity contribution in [1.29, 1.82) is 0 Å². The summed E-state index contributed by atoms with van der Waals surface area (Å²) in [6, 6.07) is 5.54. The van der Waals surface area contributed by atoms with Crippen molar-refractivity contribution in [2.24, 2.45) is 11.4 Å². The summed E-state index contributed by atoms with van der Waals surface area (Å²) in [5.41, 5.74) is 2.10. The second-order valence-corrected chi connectivity index (χ2v) is 10.4. The molecule has 0 fully saturated rings. The maximum atomic E-state index is 13.4. The molecule has 2 aromatic heterocycles. The van der Waals surface area contributed by atoms with Gasteiger partial charge >= 0.3 is 10.2 Å². The Morgan fingerprint density at radius 3 is 2.67 bits per heavy atom. The first-order chi connectivity index (χ1) is 15.6. The average Bonchev–Trinajstić information content (AvgIpc) is 3.38. The number of carbonyl (C=O) groups is 1. The summed E-state index contributed by atoms with van der Waals surface area (Å²) in [6.07, 6.45) is 5.76. The maximum Gasteiger partial charge on any atom is 0.345 e. The van der Waals surface area contributed by atoms with E-state index in [1.807, 2.05) is 26.2 Å². The first-order valence-corrected chi connectivity index (χ1v) is 12.4. The van der Waals surface area contributed by atoms with Crippen molar-refractivity contribution in [3.63, 3.8) is 0 Å². The van der Waals surface area contributed by atoms with E-state index in [4.69, 9.17) is 11.6 Å². The molecule has 0 radical (unpaired) electrons. The van der Waals surface area contributed by atoms with Crippen molar-refractivity contribution in [2.75, 3.05) is 12.4 Å². The van der Waals surface area contributed by atoms with Crippen LogP contribution in [0.2, 0.25) is 5.02 Å². The number of hydrogen-bond acceptors (Lipinski definition) is 5. The summed E-state index contributed by atoms with van der Waals surface area (Å²) in [5.74, 6) is -1.33. The Balaban J connectivity index is 1.72. The Hall–Kier alpha value is -3.02. The van der Waals surface area contributed by atoms with E-state index in [-0.39, 0.29) is 22.1 Å². The minimum absolute atomic E-state index is 0.130. The number of amides is 1. The Morgan fingerprint density at radius 1 is 1.27 bits per heavy atom. The number of rotatable bonds is 5. The molecule has 33 heavy (non-hydrogen) atoms. The zero-order valence-corrected chi connectivity index (χ0v) is 20.2. The van der Waals surface area contributed by atoms with Gasteiger partial charge in [-0.1, -0.05) is 18.5 Å². The highest BCUT2D eigenvalue weighted by Gasteiger charge is 2.31. The number of nitrogens with zero attached hydrogens (tertiary/aromatic N) is 4. The lowest BCUT2D eigenvalue weighted by Crippen LogP contribution is -2.35. The number of hydrogen-bond donors (Lipinski definition) is 1. The fraction of sp³-hybridized carbons (Fsp3) is 0.190. The standard InChI is InChI=1S/C21H19ClFN5O3S2/c1-4-19-14(12-10-24-27(2)11-12)8-20(32-19)17-9-18(28(3)33(30,31)26-17)21(29)25-13-5-6-16(23)15(22)7-13/h5-11H,4H2,1-3H3,(H,25,29). The average molecular weight is 508 g/mol. The molecule has 3 heterocycles. The molecule has 0 saturated heterocycles. The minimum atomic E-state index is -4.13. The van der Waals surface area contributed by atoms with Gasteiger partial charge in [0.05, 0.1) is 21.8 Å². The predicted octanol–water partition coefficient (Wildman–Crippen LogP) is 4.01. The lowest BCUT2D eigenvalue weighted by atomic mass is 10.1. The second kappa shape index (κ2) is 8.73. The van der Waals surface area contributed by atoms with Crippen LogP contribution in [0.15, 0.2) is 52.8 Å². The summed E-state index contributed by atoms with van der Waals surface area (Å²) in [5, 5.41) is 6.59. The van der Waals surface area contributed by atoms with Gasteiger partial charge in [0, 0.05) is 36.4 Å². The van der Waals surface area contributed by atoms with Crippen molar-refractivity contribution in [3.8, 4) is 11.1 Å². The number of likely N-dealkylation sites (N-methyl/N-ethyl adjacent to an activating group) is 1. The third kappa shape index (κ3) is 4.56. The molecule has 3 aromatic rings. The third-order valence-corrected chi connectivity index (χ3v) is 7.89. The van der Waals surface area contributed by atoms with Crippen LogP contribution >= 0.6 is 22.9 Å². The van der Waals surface area contributed by atoms with E-state index in [0.717, 1.165) is 32.8 Å². The van der Waals surface area contributed by atoms with E-state index in [9.17, 15) is 17.6 Å². The number of carbonyl (C=O) groups excluding carboxylic acids is 1. The van der Waals surface area contributed by atoms with Gasteiger partial charge in [0.1, 0.15) is 11.5 Å². The molecule has 12 heteroatoms. The molecular formula is C21H19ClFN5O3S2. The number of thiophene rings is 1. The fourth-order valence-electron chi connectivity index (χ4n) is 3.27. The summed E-state index contributed by atoms with van der Waals surface area (Å²) in [6.45, 7) is 2.01. The quantitative estimate of drug-likeness (QED) is 0.564. The molecule has 172 valence electrons. The number of benzene rings is 1. The lowest BCUT2D eigenvalue weighted by Gasteiger charge is -2.23. The highest BCUT2D eigenvalue weighted by molar-refractivity contribution is 7.88. The van der Waals surface area contributed by atoms with Crippen molar-refractivity contribution < 1.29 is 17.6 Å². The van der Waals surface area contributed by atoms with Crippen LogP contribution in [0.3, 0.4) is 0 Å². The highest BCUT2D eigenvalue weighted by atomic mass is 35.5. The predicted molar refractivity (Wildman–Crippen MR) is 127 cm³/mol. The Kier molecular flexibility index (Phi) is 6.12. The molecule has 0 spiro atoms. The van der Waals surface area contributed by atoms with Gasteiger partial charge in [0.2, 0.25) is 0 Å². The minimum Gasteiger partial charge on any atom is -0.321 e. The van der Waals surface area contributed by atoms with Crippen molar-refractivity contribution >= 4 is 50.5 Å². The van der Waals surface area contributed by atoms with E-state index in [1.165, 1.54) is 36.6 Å². The summed E-state index contributed by atoms with van der Waals surface area (Å²) < 4.78 is 45.2. The zero-order chi connectivity index (χ0) is 23.9. The number of halogens is 2. The van der Waals surface area contributed by atoms with E-state index in [1.54, 1.807) is 10.9 Å². The third-order valence-electron chi connectivity index (χ3n) is 4.98. The summed E-state index contributed by atoms with van der Waals surface area (Å²) >= 11 is 7.18. The topological polar surface area (TPSA) is 96.7 Å². The van der Waals surface area contributed by atoms with Gasteiger partial charge in [-0.25, -0.2) is 8.70 Å². The van der Waals surface area contributed by atoms with Crippen LogP contribution in [-0.4, -0.2) is 41.2 Å². The maximum absolute atomic E-state index is 13.4. The number of aromatic nitrogens is 2. The van der Waals surface area contributed by atoms with Gasteiger partial charge in [-0.3, -0.25) is 9.48 Å². The molecule has 1 aromatic carbocycles. The van der Waals surface area contributed by atoms with Crippen LogP contribution in [-0.2, 0) is 28.5 Å². The highest BCUT2D eigenvalue weighted by Crippen LogP contribution is 2.34. The van der Waals surface area contributed by atoms with Crippen LogP contribution in [0.4, 0.5) is 10.1 Å². The van der Waals surface area contributed by atoms with Gasteiger partial charge < -0.3 is 5.32 Å². The van der Waals surface area contributed by atoms with Gasteiger partial charge in [-0.15, -0.1) is 15.7 Å². The molecule has 1 N–H and O–H groups in total. The smallest absolute Gasteiger partial charge is 0.321 e. The van der Waals surface area contributed by atoms with E-state index >= 15 is 0 Å². The van der Waals surface area contributed by atoms with Gasteiger partial charge in [-0.2, -0.15) is 13.5 Å². The Labute approximate surface area is 199 Å². The van der Waals surface area contributed by atoms with Crippen LogP contribution in [0.1, 0.15) is 16.7 Å². The Bertz CT molecular complexity index is 1430. The number of anilines is 1. The molecule has 4 rings (SSSR count). The first kappa shape index (κ1) is 23.1. The van der Waals surface area contributed by atoms with Crippen molar-refractivity contribution in [3.05, 3.63) is 69.0 Å². The molecule has 0 aliphatic carbocycles. The van der Waals surface area contributed by atoms with Crippen LogP contribution in [0, 0.1) is 5.82 Å². The van der Waals surface area contributed by atoms with Gasteiger partial charge in [0.25, 0.3) is 5.91 Å². The van der Waals surface area contributed by atoms with Crippen LogP contribution in [0.5, 0.6) is 0 Å². The molecule has 0 saturated carbocycles. The van der Waals surface area contributed by atoms with Crippen molar-refractivity contribution in [2.45, 2.75) is 13.3 Å². The normalized spacial score (nSPS) is 15.2. The van der Waals surface area contributed by atoms with E-state index in [2.05, 4.69) is 14.8 Å². The van der Waals surface area contributed by atoms with E-state index < -0.39 is 21.9 Å². The number of allylic oxidation sites excluding steroid dienone is 1. The zero-order valence-electron chi connectivity index (χ0n) is 17.8. The molecule has 0 bridgehead atoms. The fourth-order valence-corrected chi connectivity index (χ4v) is 5.50. The Morgan fingerprint density at radius 2 is 2.03 bits per heavy atom. The molecule has 0 unspecified atom stereocenters. The molecular weight excluding hydrogens is 489 g/mol. The molecule has 1 aliphatic heterocycles. The van der Waals surface area contributed by atoms with Crippen LogP contribution < -0.4 is 5.32 Å². The second-order valence-electron chi connectivity index (χ2n) is 7.24. The van der Waals surface area contributed by atoms with Crippen molar-refractivity contribution in [1.82, 2.24) is 14.1 Å². The molecule has 1 amide bonds. The van der Waals surface area contributed by atoms with Gasteiger partial charge in [0.15, 0.2) is 0 Å². The van der Waals surface area contributed by atoms with Gasteiger partial charge in [-0.05, 0) is 42.3 Å². The molecule has 8 nitrogen and oxygen atoms in total. The molecule has 0 atom stereocenters. The number of nitrogens with one attached hydrogen (secondary N) is 1. The number of aryl methyl sites for hydroxylation is 2. The summed E-state index contributed by atoms with van der Waals surface area (Å²) in [4.78, 5) is 14.6. The van der Waals surface area contributed by atoms with E-state index in [0.29, 0.717) is 4.88 Å². The first-order valence-electron chi connectivity index (χ1n) is 9.78.